The van der Waals surface area contributed by atoms with Gasteiger partial charge in [-0.05, 0) is 48.2 Å². The number of benzene rings is 2. The van der Waals surface area contributed by atoms with E-state index in [1.54, 1.807) is 29.0 Å². The highest BCUT2D eigenvalue weighted by atomic mass is 35.5. The molecule has 2 amide bonds. The molecule has 0 aromatic heterocycles. The lowest BCUT2D eigenvalue weighted by Crippen LogP contribution is -2.40. The second kappa shape index (κ2) is 10.7. The van der Waals surface area contributed by atoms with Crippen LogP contribution in [0.5, 0.6) is 0 Å². The first-order valence-corrected chi connectivity index (χ1v) is 11.8. The molecule has 0 saturated carbocycles. The van der Waals surface area contributed by atoms with Crippen LogP contribution in [0.2, 0.25) is 10.0 Å². The minimum Gasteiger partial charge on any atom is -0.503 e. The third kappa shape index (κ3) is 8.24. The molecule has 0 aliphatic heterocycles. The lowest BCUT2D eigenvalue weighted by molar-refractivity contribution is -0.127. The molecular formula is C21H22Cl2N2O5S. The summed E-state index contributed by atoms with van der Waals surface area (Å²) < 4.78 is 23.9. The Bertz CT molecular complexity index is 1020. The van der Waals surface area contributed by atoms with Gasteiger partial charge >= 0.3 is 0 Å². The van der Waals surface area contributed by atoms with Gasteiger partial charge in [-0.2, -0.15) is 0 Å². The van der Waals surface area contributed by atoms with Gasteiger partial charge in [0.2, 0.25) is 15.9 Å². The highest BCUT2D eigenvalue weighted by Crippen LogP contribution is 2.18. The van der Waals surface area contributed by atoms with E-state index in [0.717, 1.165) is 17.4 Å². The Morgan fingerprint density at radius 1 is 1.00 bits per heavy atom. The minimum absolute atomic E-state index is 0.336. The van der Waals surface area contributed by atoms with E-state index in [0.29, 0.717) is 29.0 Å². The van der Waals surface area contributed by atoms with Crippen molar-refractivity contribution >= 4 is 45.0 Å². The molecule has 0 radical (unpaired) electrons. The molecule has 2 rings (SSSR count). The Hall–Kier alpha value is -2.55. The van der Waals surface area contributed by atoms with Gasteiger partial charge in [-0.15, -0.1) is 0 Å². The van der Waals surface area contributed by atoms with Crippen molar-refractivity contribution in [3.63, 3.8) is 0 Å². The Balaban J connectivity index is 2.24. The number of likely N-dealkylation sites (N-methyl/N-ethyl adjacent to an activating group) is 1. The Morgan fingerprint density at radius 2 is 1.42 bits per heavy atom. The lowest BCUT2D eigenvalue weighted by atomic mass is 9.97. The molecule has 0 saturated heterocycles. The van der Waals surface area contributed by atoms with Gasteiger partial charge in [0.05, 0.1) is 12.3 Å². The van der Waals surface area contributed by atoms with Crippen molar-refractivity contribution in [3.8, 4) is 0 Å². The fourth-order valence-electron chi connectivity index (χ4n) is 2.82. The molecule has 0 aliphatic rings. The number of hydrogen-bond acceptors (Lipinski definition) is 5. The van der Waals surface area contributed by atoms with Gasteiger partial charge in [-0.3, -0.25) is 9.59 Å². The fourth-order valence-corrected chi connectivity index (χ4v) is 3.51. The smallest absolute Gasteiger partial charge is 0.299 e. The molecule has 31 heavy (non-hydrogen) atoms. The summed E-state index contributed by atoms with van der Waals surface area (Å²) in [6.45, 7) is 0. The average Bonchev–Trinajstić information content (AvgIpc) is 2.68. The molecule has 0 heterocycles. The maximum absolute atomic E-state index is 12.7. The van der Waals surface area contributed by atoms with Crippen molar-refractivity contribution in [3.05, 3.63) is 81.5 Å². The largest absolute Gasteiger partial charge is 0.503 e. The zero-order valence-corrected chi connectivity index (χ0v) is 19.2. The Labute approximate surface area is 191 Å². The Morgan fingerprint density at radius 3 is 1.81 bits per heavy atom. The maximum Gasteiger partial charge on any atom is 0.299 e. The van der Waals surface area contributed by atoms with E-state index in [1.807, 2.05) is 24.3 Å². The monoisotopic (exact) mass is 484 g/mol. The average molecular weight is 485 g/mol. The maximum atomic E-state index is 12.7. The van der Waals surface area contributed by atoms with Crippen molar-refractivity contribution in [2.24, 2.45) is 0 Å². The van der Waals surface area contributed by atoms with Gasteiger partial charge in [0.1, 0.15) is 0 Å². The summed E-state index contributed by atoms with van der Waals surface area (Å²) >= 11 is 11.9. The van der Waals surface area contributed by atoms with Crippen LogP contribution < -0.4 is 4.72 Å². The number of amides is 2. The van der Waals surface area contributed by atoms with Crippen molar-refractivity contribution < 1.29 is 23.1 Å². The SMILES string of the molecule is CN(C(=O)/C=C(\O)C(=O)NS(C)(=O)=O)C(Cc1ccc(Cl)cc1)Cc1ccc(Cl)cc1. The molecule has 0 bridgehead atoms. The predicted octanol–water partition coefficient (Wildman–Crippen LogP) is 3.12. The van der Waals surface area contributed by atoms with E-state index < -0.39 is 27.6 Å². The van der Waals surface area contributed by atoms with Gasteiger partial charge in [0.25, 0.3) is 5.91 Å². The van der Waals surface area contributed by atoms with Crippen LogP contribution in [-0.4, -0.2) is 49.6 Å². The number of hydrogen-bond donors (Lipinski definition) is 2. The van der Waals surface area contributed by atoms with Crippen molar-refractivity contribution in [1.82, 2.24) is 9.62 Å². The summed E-state index contributed by atoms with van der Waals surface area (Å²) in [5.41, 5.74) is 1.87. The minimum atomic E-state index is -3.88. The second-order valence-electron chi connectivity index (χ2n) is 7.00. The zero-order valence-electron chi connectivity index (χ0n) is 16.9. The van der Waals surface area contributed by atoms with E-state index in [9.17, 15) is 23.1 Å². The van der Waals surface area contributed by atoms with Gasteiger partial charge in [-0.1, -0.05) is 47.5 Å². The number of rotatable bonds is 8. The number of aliphatic hydroxyl groups is 1. The van der Waals surface area contributed by atoms with Crippen LogP contribution in [0.3, 0.4) is 0 Å². The molecule has 7 nitrogen and oxygen atoms in total. The normalized spacial score (nSPS) is 12.0. The molecule has 2 aromatic carbocycles. The molecule has 2 N–H and O–H groups in total. The standard InChI is InChI=1S/C21H22Cl2N2O5S/c1-25(20(27)13-19(26)21(28)24-31(2,29)30)18(11-14-3-7-16(22)8-4-14)12-15-5-9-17(23)10-6-15/h3-10,13,18,26H,11-12H2,1-2H3,(H,24,28)/b19-13-. The molecule has 0 spiro atoms. The highest BCUT2D eigenvalue weighted by molar-refractivity contribution is 7.89. The third-order valence-corrected chi connectivity index (χ3v) is 5.50. The second-order valence-corrected chi connectivity index (χ2v) is 9.62. The van der Waals surface area contributed by atoms with Gasteiger partial charge < -0.3 is 10.0 Å². The molecule has 0 fully saturated rings. The van der Waals surface area contributed by atoms with E-state index in [1.165, 1.54) is 11.9 Å². The van der Waals surface area contributed by atoms with E-state index >= 15 is 0 Å². The van der Waals surface area contributed by atoms with Crippen LogP contribution >= 0.6 is 23.2 Å². The van der Waals surface area contributed by atoms with Crippen LogP contribution in [0, 0.1) is 0 Å². The van der Waals surface area contributed by atoms with Gasteiger partial charge in [0, 0.05) is 23.1 Å². The number of sulfonamides is 1. The summed E-state index contributed by atoms with van der Waals surface area (Å²) in [5, 5.41) is 11.0. The molecular weight excluding hydrogens is 463 g/mol. The number of nitrogens with zero attached hydrogens (tertiary/aromatic N) is 1. The summed E-state index contributed by atoms with van der Waals surface area (Å²) in [5.74, 6) is -2.94. The summed E-state index contributed by atoms with van der Waals surface area (Å²) in [6.07, 6.45) is 2.41. The van der Waals surface area contributed by atoms with E-state index in [4.69, 9.17) is 23.2 Å². The first kappa shape index (κ1) is 24.7. The first-order valence-electron chi connectivity index (χ1n) is 9.13. The van der Waals surface area contributed by atoms with Crippen LogP contribution in [0.15, 0.2) is 60.4 Å². The number of halogens is 2. The van der Waals surface area contributed by atoms with Crippen LogP contribution in [0.4, 0.5) is 0 Å². The van der Waals surface area contributed by atoms with Crippen LogP contribution in [0.1, 0.15) is 11.1 Å². The highest BCUT2D eigenvalue weighted by Gasteiger charge is 2.22. The van der Waals surface area contributed by atoms with E-state index in [-0.39, 0.29) is 6.04 Å². The topological polar surface area (TPSA) is 104 Å². The van der Waals surface area contributed by atoms with Crippen molar-refractivity contribution in [2.45, 2.75) is 18.9 Å². The number of carbonyl (C=O) groups is 2. The summed E-state index contributed by atoms with van der Waals surface area (Å²) in [6, 6.07) is 14.1. The van der Waals surface area contributed by atoms with Crippen LogP contribution in [-0.2, 0) is 32.5 Å². The number of carbonyl (C=O) groups excluding carboxylic acids is 2. The fraction of sp³-hybridized carbons (Fsp3) is 0.238. The predicted molar refractivity (Wildman–Crippen MR) is 121 cm³/mol. The molecule has 0 unspecified atom stereocenters. The lowest BCUT2D eigenvalue weighted by Gasteiger charge is -2.28. The Kier molecular flexibility index (Phi) is 8.50. The number of aliphatic hydroxyl groups excluding tert-OH is 1. The zero-order chi connectivity index (χ0) is 23.2. The number of nitrogens with one attached hydrogen (secondary N) is 1. The quantitative estimate of drug-likeness (QED) is 0.442. The van der Waals surface area contributed by atoms with E-state index in [2.05, 4.69) is 0 Å². The van der Waals surface area contributed by atoms with Crippen molar-refractivity contribution in [1.29, 1.82) is 0 Å². The summed E-state index contributed by atoms with van der Waals surface area (Å²) in [4.78, 5) is 25.8. The third-order valence-electron chi connectivity index (χ3n) is 4.44. The molecule has 0 atom stereocenters. The first-order chi connectivity index (χ1) is 14.4. The van der Waals surface area contributed by atoms with Gasteiger partial charge in [0.15, 0.2) is 5.76 Å². The van der Waals surface area contributed by atoms with Gasteiger partial charge in [-0.25, -0.2) is 13.1 Å². The molecule has 166 valence electrons. The molecule has 10 heteroatoms. The van der Waals surface area contributed by atoms with Crippen molar-refractivity contribution in [2.75, 3.05) is 13.3 Å². The van der Waals surface area contributed by atoms with Crippen LogP contribution in [0.25, 0.3) is 0 Å². The molecule has 2 aromatic rings. The summed E-state index contributed by atoms with van der Waals surface area (Å²) in [7, 11) is -2.34. The molecule has 0 aliphatic carbocycles.